The van der Waals surface area contributed by atoms with Crippen LogP contribution < -0.4 is 9.62 Å². The second kappa shape index (κ2) is 14.0. The number of nitrogens with zero attached hydrogens (tertiary/aromatic N) is 2. The Morgan fingerprint density at radius 3 is 2.12 bits per heavy atom. The van der Waals surface area contributed by atoms with Crippen LogP contribution in [0.25, 0.3) is 0 Å². The van der Waals surface area contributed by atoms with E-state index in [-0.39, 0.29) is 23.4 Å². The Bertz CT molecular complexity index is 1460. The van der Waals surface area contributed by atoms with Crippen LogP contribution in [0.4, 0.5) is 10.1 Å². The average Bonchev–Trinajstić information content (AvgIpc) is 2.94. The molecule has 2 atom stereocenters. The zero-order valence-electron chi connectivity index (χ0n) is 24.0. The molecule has 220 valence electrons. The highest BCUT2D eigenvalue weighted by Gasteiger charge is 2.34. The fraction of sp³-hybridized carbons (Fsp3) is 0.355. The van der Waals surface area contributed by atoms with Gasteiger partial charge < -0.3 is 10.2 Å². The summed E-state index contributed by atoms with van der Waals surface area (Å²) in [4.78, 5) is 28.7. The lowest BCUT2D eigenvalue weighted by Gasteiger charge is -2.34. The summed E-state index contributed by atoms with van der Waals surface area (Å²) in [6.45, 7) is 8.81. The number of carbonyl (C=O) groups excluding carboxylic acids is 2. The standard InChI is InChI=1S/C31H37ClFN3O4S/c1-6-23(5)34-31(38)29(7-2)35(19-24-9-13-26(33)14-10-24)30(37)20-36(27-15-8-21(3)22(4)18-27)41(39,40)28-16-11-25(32)12-17-28/h8-18,23,29H,6-7,19-20H2,1-5H3,(H,34,38)/t23-,29+/m1/s1. The molecule has 3 aromatic rings. The Morgan fingerprint density at radius 2 is 1.56 bits per heavy atom. The molecule has 0 aromatic heterocycles. The van der Waals surface area contributed by atoms with Gasteiger partial charge in [-0.25, -0.2) is 12.8 Å². The molecule has 7 nitrogen and oxygen atoms in total. The number of nitrogens with one attached hydrogen (secondary N) is 1. The smallest absolute Gasteiger partial charge is 0.264 e. The van der Waals surface area contributed by atoms with E-state index >= 15 is 0 Å². The van der Waals surface area contributed by atoms with Crippen LogP contribution in [0.3, 0.4) is 0 Å². The Morgan fingerprint density at radius 1 is 0.927 bits per heavy atom. The van der Waals surface area contributed by atoms with Crippen molar-refractivity contribution in [1.82, 2.24) is 10.2 Å². The van der Waals surface area contributed by atoms with Gasteiger partial charge in [0, 0.05) is 17.6 Å². The summed E-state index contributed by atoms with van der Waals surface area (Å²) >= 11 is 6.01. The fourth-order valence-corrected chi connectivity index (χ4v) is 5.82. The summed E-state index contributed by atoms with van der Waals surface area (Å²) in [6.07, 6.45) is 0.997. The van der Waals surface area contributed by atoms with Gasteiger partial charge >= 0.3 is 0 Å². The van der Waals surface area contributed by atoms with Crippen LogP contribution in [-0.4, -0.2) is 43.8 Å². The van der Waals surface area contributed by atoms with Gasteiger partial charge in [-0.05, 0) is 98.8 Å². The van der Waals surface area contributed by atoms with E-state index in [0.29, 0.717) is 29.1 Å². The van der Waals surface area contributed by atoms with Gasteiger partial charge in [-0.2, -0.15) is 0 Å². The number of hydrogen-bond donors (Lipinski definition) is 1. The summed E-state index contributed by atoms with van der Waals surface area (Å²) in [6, 6.07) is 15.6. The Balaban J connectivity index is 2.08. The molecule has 0 spiro atoms. The van der Waals surface area contributed by atoms with Crippen LogP contribution >= 0.6 is 11.6 Å². The van der Waals surface area contributed by atoms with Gasteiger partial charge in [0.1, 0.15) is 18.4 Å². The van der Waals surface area contributed by atoms with Crippen LogP contribution in [-0.2, 0) is 26.2 Å². The van der Waals surface area contributed by atoms with Gasteiger partial charge in [0.15, 0.2) is 0 Å². The zero-order valence-corrected chi connectivity index (χ0v) is 25.6. The maximum absolute atomic E-state index is 14.1. The normalized spacial score (nSPS) is 12.9. The zero-order chi connectivity index (χ0) is 30.3. The molecule has 10 heteroatoms. The number of anilines is 1. The van der Waals surface area contributed by atoms with Crippen molar-refractivity contribution in [3.63, 3.8) is 0 Å². The minimum Gasteiger partial charge on any atom is -0.352 e. The van der Waals surface area contributed by atoms with E-state index < -0.39 is 34.3 Å². The van der Waals surface area contributed by atoms with Gasteiger partial charge in [0.05, 0.1) is 10.6 Å². The number of halogens is 2. The minimum absolute atomic E-state index is 0.00664. The number of sulfonamides is 1. The molecular weight excluding hydrogens is 565 g/mol. The summed E-state index contributed by atoms with van der Waals surface area (Å²) in [5, 5.41) is 3.31. The summed E-state index contributed by atoms with van der Waals surface area (Å²) in [5.41, 5.74) is 2.74. The highest BCUT2D eigenvalue weighted by atomic mass is 35.5. The topological polar surface area (TPSA) is 86.8 Å². The molecule has 0 aliphatic heterocycles. The molecule has 0 heterocycles. The molecule has 3 rings (SSSR count). The average molecular weight is 602 g/mol. The highest BCUT2D eigenvalue weighted by molar-refractivity contribution is 7.92. The fourth-order valence-electron chi connectivity index (χ4n) is 4.29. The molecule has 0 aliphatic rings. The molecule has 0 bridgehead atoms. The maximum Gasteiger partial charge on any atom is 0.264 e. The Labute approximate surface area is 247 Å². The maximum atomic E-state index is 14.1. The lowest BCUT2D eigenvalue weighted by atomic mass is 10.1. The molecular formula is C31H37ClFN3O4S. The Kier molecular flexibility index (Phi) is 10.9. The highest BCUT2D eigenvalue weighted by Crippen LogP contribution is 2.27. The van der Waals surface area contributed by atoms with Crippen molar-refractivity contribution in [3.8, 4) is 0 Å². The lowest BCUT2D eigenvalue weighted by molar-refractivity contribution is -0.140. The number of benzene rings is 3. The second-order valence-electron chi connectivity index (χ2n) is 10.1. The van der Waals surface area contributed by atoms with Gasteiger partial charge in [-0.15, -0.1) is 0 Å². The van der Waals surface area contributed by atoms with E-state index in [1.54, 1.807) is 37.3 Å². The second-order valence-corrected chi connectivity index (χ2v) is 12.4. The van der Waals surface area contributed by atoms with E-state index in [4.69, 9.17) is 11.6 Å². The third-order valence-electron chi connectivity index (χ3n) is 7.11. The summed E-state index contributed by atoms with van der Waals surface area (Å²) in [7, 11) is -4.21. The monoisotopic (exact) mass is 601 g/mol. The third-order valence-corrected chi connectivity index (χ3v) is 9.15. The van der Waals surface area contributed by atoms with Gasteiger partial charge in [0.25, 0.3) is 10.0 Å². The number of amides is 2. The van der Waals surface area contributed by atoms with Crippen molar-refractivity contribution >= 4 is 39.1 Å². The molecule has 0 saturated heterocycles. The first kappa shape index (κ1) is 32.1. The lowest BCUT2D eigenvalue weighted by Crippen LogP contribution is -2.53. The van der Waals surface area contributed by atoms with E-state index in [0.717, 1.165) is 15.4 Å². The first-order valence-corrected chi connectivity index (χ1v) is 15.4. The van der Waals surface area contributed by atoms with E-state index in [1.165, 1.54) is 41.3 Å². The van der Waals surface area contributed by atoms with E-state index in [1.807, 2.05) is 27.7 Å². The van der Waals surface area contributed by atoms with Crippen molar-refractivity contribution < 1.29 is 22.4 Å². The first-order chi connectivity index (χ1) is 19.4. The van der Waals surface area contributed by atoms with Gasteiger partial charge in [0.2, 0.25) is 11.8 Å². The largest absolute Gasteiger partial charge is 0.352 e. The molecule has 0 aliphatic carbocycles. The minimum atomic E-state index is -4.21. The number of aryl methyl sites for hydroxylation is 2. The molecule has 2 amide bonds. The molecule has 0 fully saturated rings. The third kappa shape index (κ3) is 8.07. The van der Waals surface area contributed by atoms with Crippen LogP contribution in [0.1, 0.15) is 50.3 Å². The van der Waals surface area contributed by atoms with Crippen LogP contribution in [0.5, 0.6) is 0 Å². The SMILES string of the molecule is CC[C@@H](C)NC(=O)[C@H](CC)N(Cc1ccc(F)cc1)C(=O)CN(c1ccc(C)c(C)c1)S(=O)(=O)c1ccc(Cl)cc1. The van der Waals surface area contributed by atoms with E-state index in [9.17, 15) is 22.4 Å². The summed E-state index contributed by atoms with van der Waals surface area (Å²) in [5.74, 6) is -1.34. The number of hydrogen-bond acceptors (Lipinski definition) is 4. The van der Waals surface area contributed by atoms with Crippen LogP contribution in [0.15, 0.2) is 71.6 Å². The van der Waals surface area contributed by atoms with Crippen LogP contribution in [0, 0.1) is 19.7 Å². The molecule has 41 heavy (non-hydrogen) atoms. The quantitative estimate of drug-likeness (QED) is 0.275. The van der Waals surface area contributed by atoms with Crippen LogP contribution in [0.2, 0.25) is 5.02 Å². The van der Waals surface area contributed by atoms with Crippen molar-refractivity contribution in [3.05, 3.63) is 94.3 Å². The number of carbonyl (C=O) groups is 2. The predicted octanol–water partition coefficient (Wildman–Crippen LogP) is 6.01. The van der Waals surface area contributed by atoms with E-state index in [2.05, 4.69) is 5.32 Å². The number of rotatable bonds is 12. The van der Waals surface area contributed by atoms with Gasteiger partial charge in [-0.3, -0.25) is 13.9 Å². The Hall–Kier alpha value is -3.43. The first-order valence-electron chi connectivity index (χ1n) is 13.6. The van der Waals surface area contributed by atoms with Gasteiger partial charge in [-0.1, -0.05) is 43.6 Å². The van der Waals surface area contributed by atoms with Crippen molar-refractivity contribution in [1.29, 1.82) is 0 Å². The summed E-state index contributed by atoms with van der Waals surface area (Å²) < 4.78 is 42.6. The molecule has 1 N–H and O–H groups in total. The van der Waals surface area contributed by atoms with Crippen molar-refractivity contribution in [2.45, 2.75) is 71.0 Å². The van der Waals surface area contributed by atoms with Crippen molar-refractivity contribution in [2.75, 3.05) is 10.8 Å². The molecule has 3 aromatic carbocycles. The predicted molar refractivity (Wildman–Crippen MR) is 161 cm³/mol. The molecule has 0 unspecified atom stereocenters. The molecule has 0 saturated carbocycles. The molecule has 0 radical (unpaired) electrons. The van der Waals surface area contributed by atoms with Crippen molar-refractivity contribution in [2.24, 2.45) is 0 Å².